The summed E-state index contributed by atoms with van der Waals surface area (Å²) in [4.78, 5) is 9.97. The van der Waals surface area contributed by atoms with Crippen LogP contribution in [-0.4, -0.2) is 16.2 Å². The average Bonchev–Trinajstić information content (AvgIpc) is 3.92. The molecular formula is C66H62N4O. The highest BCUT2D eigenvalue weighted by Gasteiger charge is 2.34. The number of aromatic nitrogens is 2. The van der Waals surface area contributed by atoms with Gasteiger partial charge in [0.1, 0.15) is 24.0 Å². The van der Waals surface area contributed by atoms with Gasteiger partial charge in [0, 0.05) is 51.5 Å². The number of para-hydroxylation sites is 2. The fourth-order valence-electron chi connectivity index (χ4n) is 10.3. The van der Waals surface area contributed by atoms with Gasteiger partial charge in [-0.2, -0.15) is 0 Å². The summed E-state index contributed by atoms with van der Waals surface area (Å²) in [6.45, 7) is 21.0. The van der Waals surface area contributed by atoms with Crippen molar-refractivity contribution >= 4 is 44.6 Å². The lowest BCUT2D eigenvalue weighted by atomic mass is 9.85. The normalized spacial score (nSPS) is 13.0. The quantitative estimate of drug-likeness (QED) is 0.152. The van der Waals surface area contributed by atoms with Crippen molar-refractivity contribution in [1.29, 1.82) is 0 Å². The van der Waals surface area contributed by atoms with E-state index in [1.54, 1.807) is 0 Å². The molecule has 2 aromatic heterocycles. The number of rotatable bonds is 8. The van der Waals surface area contributed by atoms with E-state index < -0.39 is 0 Å². The third-order valence-electron chi connectivity index (χ3n) is 14.2. The van der Waals surface area contributed by atoms with Crippen molar-refractivity contribution in [2.75, 3.05) is 16.5 Å². The van der Waals surface area contributed by atoms with Crippen molar-refractivity contribution in [3.63, 3.8) is 0 Å². The number of hydrogen-bond donors (Lipinski definition) is 0. The lowest BCUT2D eigenvalue weighted by Gasteiger charge is -2.28. The van der Waals surface area contributed by atoms with Crippen LogP contribution in [0.25, 0.3) is 61.0 Å². The van der Waals surface area contributed by atoms with E-state index in [9.17, 15) is 0 Å². The topological polar surface area (TPSA) is 33.5 Å². The zero-order chi connectivity index (χ0) is 49.2. The first-order chi connectivity index (χ1) is 34.1. The first-order valence-electron chi connectivity index (χ1n) is 25.0. The fourth-order valence-corrected chi connectivity index (χ4v) is 10.3. The Morgan fingerprint density at radius 1 is 0.408 bits per heavy atom. The largest absolute Gasteiger partial charge is 0.457 e. The minimum atomic E-state index is -0.0314. The second-order valence-electron chi connectivity index (χ2n) is 22.2. The molecule has 10 aromatic rings. The SMILES string of the molecule is CC(C)(C)c1cccc(-c2cccc3c2N(c2c(-c4ccccc4)cccc2-c2ccccc2)CN3c2cccc(Oc3ccc4c5cc(C(C)(C)C)ccc5n(-c5cc(C(C)(C)C)ccn5)c4c3)c2)c1. The number of nitrogens with zero attached hydrogens (tertiary/aromatic N) is 4. The summed E-state index contributed by atoms with van der Waals surface area (Å²) in [5, 5.41) is 2.37. The van der Waals surface area contributed by atoms with Crippen molar-refractivity contribution in [2.24, 2.45) is 0 Å². The molecule has 0 fully saturated rings. The molecule has 0 bridgehead atoms. The third kappa shape index (κ3) is 8.54. The lowest BCUT2D eigenvalue weighted by molar-refractivity contribution is 0.483. The highest BCUT2D eigenvalue weighted by Crippen LogP contribution is 2.54. The zero-order valence-corrected chi connectivity index (χ0v) is 42.5. The second kappa shape index (κ2) is 17.5. The maximum Gasteiger partial charge on any atom is 0.137 e. The van der Waals surface area contributed by atoms with Crippen molar-refractivity contribution in [3.05, 3.63) is 217 Å². The van der Waals surface area contributed by atoms with Gasteiger partial charge in [0.2, 0.25) is 0 Å². The highest BCUT2D eigenvalue weighted by atomic mass is 16.5. The molecule has 0 saturated heterocycles. The van der Waals surface area contributed by atoms with Crippen molar-refractivity contribution in [2.45, 2.75) is 78.6 Å². The molecule has 0 atom stereocenters. The summed E-state index contributed by atoms with van der Waals surface area (Å²) in [7, 11) is 0. The van der Waals surface area contributed by atoms with Gasteiger partial charge in [0.25, 0.3) is 0 Å². The van der Waals surface area contributed by atoms with Gasteiger partial charge in [0.15, 0.2) is 0 Å². The maximum absolute atomic E-state index is 6.95. The van der Waals surface area contributed by atoms with E-state index in [2.05, 4.69) is 271 Å². The van der Waals surface area contributed by atoms with Crippen LogP contribution in [0.2, 0.25) is 0 Å². The van der Waals surface area contributed by atoms with Crippen molar-refractivity contribution < 1.29 is 4.74 Å². The lowest BCUT2D eigenvalue weighted by Crippen LogP contribution is -2.25. The summed E-state index contributed by atoms with van der Waals surface area (Å²) in [5.41, 5.74) is 17.6. The fraction of sp³-hybridized carbons (Fsp3) is 0.197. The van der Waals surface area contributed by atoms with Crippen LogP contribution in [-0.2, 0) is 16.2 Å². The van der Waals surface area contributed by atoms with Gasteiger partial charge in [-0.3, -0.25) is 4.57 Å². The summed E-state index contributed by atoms with van der Waals surface area (Å²) in [6.07, 6.45) is 1.94. The molecular weight excluding hydrogens is 865 g/mol. The Labute approximate surface area is 419 Å². The molecule has 1 aliphatic heterocycles. The van der Waals surface area contributed by atoms with Crippen molar-refractivity contribution in [1.82, 2.24) is 9.55 Å². The Morgan fingerprint density at radius 2 is 0.986 bits per heavy atom. The number of hydrogen-bond acceptors (Lipinski definition) is 4. The highest BCUT2D eigenvalue weighted by molar-refractivity contribution is 6.10. The smallest absolute Gasteiger partial charge is 0.137 e. The molecule has 5 nitrogen and oxygen atoms in total. The van der Waals surface area contributed by atoms with E-state index in [1.807, 2.05) is 6.20 Å². The van der Waals surface area contributed by atoms with Crippen molar-refractivity contribution in [3.8, 4) is 50.7 Å². The van der Waals surface area contributed by atoms with Gasteiger partial charge in [-0.15, -0.1) is 0 Å². The van der Waals surface area contributed by atoms with Crippen LogP contribution >= 0.6 is 0 Å². The zero-order valence-electron chi connectivity index (χ0n) is 42.5. The molecule has 0 unspecified atom stereocenters. The summed E-state index contributed by atoms with van der Waals surface area (Å²) in [6, 6.07) is 70.5. The first kappa shape index (κ1) is 45.5. The van der Waals surface area contributed by atoms with Crippen LogP contribution in [0.3, 0.4) is 0 Å². The van der Waals surface area contributed by atoms with Crippen LogP contribution in [0.5, 0.6) is 11.5 Å². The van der Waals surface area contributed by atoms with Gasteiger partial charge >= 0.3 is 0 Å². The number of fused-ring (bicyclic) bond motifs is 4. The van der Waals surface area contributed by atoms with Crippen LogP contribution < -0.4 is 14.5 Å². The Kier molecular flexibility index (Phi) is 11.2. The number of pyridine rings is 1. The van der Waals surface area contributed by atoms with Crippen LogP contribution in [0.15, 0.2) is 200 Å². The molecule has 0 N–H and O–H groups in total. The average molecular weight is 927 g/mol. The Hall–Kier alpha value is -7.89. The molecule has 8 aromatic carbocycles. The molecule has 0 saturated carbocycles. The molecule has 0 amide bonds. The third-order valence-corrected chi connectivity index (χ3v) is 14.2. The molecule has 352 valence electrons. The monoisotopic (exact) mass is 926 g/mol. The van der Waals surface area contributed by atoms with E-state index in [0.717, 1.165) is 39.7 Å². The molecule has 3 heterocycles. The molecule has 11 rings (SSSR count). The molecule has 5 heteroatoms. The standard InChI is InChI=1S/C66H62N4O/c1-64(2,3)47-25-16-24-46(38-47)55-30-19-31-59-63(55)69(62-53(44-20-12-10-13-21-44)28-18-29-54(62)45-22-14-11-15-23-45)43-68(59)50-26-17-27-51(41-50)71-52-33-34-56-57-39-48(65(4,5)6)32-35-58(57)70(60(56)42-52)61-40-49(36-37-67-61)66(7,8)9/h10-42H,43H2,1-9H3. The molecule has 0 aliphatic carbocycles. The Balaban J connectivity index is 1.05. The van der Waals surface area contributed by atoms with Gasteiger partial charge in [-0.1, -0.05) is 190 Å². The van der Waals surface area contributed by atoms with E-state index in [1.165, 1.54) is 72.2 Å². The molecule has 71 heavy (non-hydrogen) atoms. The summed E-state index contributed by atoms with van der Waals surface area (Å²) < 4.78 is 9.25. The van der Waals surface area contributed by atoms with Gasteiger partial charge in [-0.05, 0) is 104 Å². The predicted molar refractivity (Wildman–Crippen MR) is 300 cm³/mol. The summed E-state index contributed by atoms with van der Waals surface area (Å²) >= 11 is 0. The number of benzene rings is 8. The van der Waals surface area contributed by atoms with E-state index in [0.29, 0.717) is 6.67 Å². The van der Waals surface area contributed by atoms with E-state index in [4.69, 9.17) is 9.72 Å². The minimum absolute atomic E-state index is 0.00232. The van der Waals surface area contributed by atoms with Gasteiger partial charge in [-0.25, -0.2) is 4.98 Å². The van der Waals surface area contributed by atoms with Crippen LogP contribution in [0.1, 0.15) is 79.0 Å². The first-order valence-corrected chi connectivity index (χ1v) is 25.0. The molecule has 0 spiro atoms. The Bertz CT molecular complexity index is 3550. The van der Waals surface area contributed by atoms with Crippen LogP contribution in [0.4, 0.5) is 22.7 Å². The maximum atomic E-state index is 6.95. The molecule has 1 aliphatic rings. The van der Waals surface area contributed by atoms with Gasteiger partial charge in [0.05, 0.1) is 28.1 Å². The predicted octanol–water partition coefficient (Wildman–Crippen LogP) is 18.1. The minimum Gasteiger partial charge on any atom is -0.457 e. The number of ether oxygens (including phenoxy) is 1. The van der Waals surface area contributed by atoms with E-state index >= 15 is 0 Å². The number of anilines is 4. The summed E-state index contributed by atoms with van der Waals surface area (Å²) in [5.74, 6) is 2.41. The van der Waals surface area contributed by atoms with Gasteiger partial charge < -0.3 is 14.5 Å². The Morgan fingerprint density at radius 3 is 1.66 bits per heavy atom. The van der Waals surface area contributed by atoms with E-state index in [-0.39, 0.29) is 16.2 Å². The van der Waals surface area contributed by atoms with Crippen LogP contribution in [0, 0.1) is 0 Å². The second-order valence-corrected chi connectivity index (χ2v) is 22.2. The molecule has 0 radical (unpaired) electrons.